The van der Waals surface area contributed by atoms with Gasteiger partial charge in [-0.25, -0.2) is 0 Å². The lowest BCUT2D eigenvalue weighted by atomic mass is 9.95. The van der Waals surface area contributed by atoms with E-state index in [-0.39, 0.29) is 5.75 Å². The fraction of sp³-hybridized carbons (Fsp3) is 0.269. The smallest absolute Gasteiger partial charge is 0.416 e. The van der Waals surface area contributed by atoms with Crippen LogP contribution in [0.3, 0.4) is 0 Å². The largest absolute Gasteiger partial charge is 0.435 e. The van der Waals surface area contributed by atoms with E-state index in [1.807, 2.05) is 19.1 Å². The highest BCUT2D eigenvalue weighted by molar-refractivity contribution is 5.81. The fourth-order valence-corrected chi connectivity index (χ4v) is 3.73. The molecule has 0 spiro atoms. The minimum Gasteiger partial charge on any atom is -0.435 e. The highest BCUT2D eigenvalue weighted by atomic mass is 19.4. The van der Waals surface area contributed by atoms with Gasteiger partial charge in [-0.2, -0.15) is 22.0 Å². The van der Waals surface area contributed by atoms with Crippen molar-refractivity contribution >= 4 is 5.91 Å². The van der Waals surface area contributed by atoms with Gasteiger partial charge < -0.3 is 10.5 Å². The van der Waals surface area contributed by atoms with Crippen LogP contribution in [-0.2, 0) is 17.4 Å². The average Bonchev–Trinajstić information content (AvgIpc) is 2.79. The van der Waals surface area contributed by atoms with Crippen LogP contribution in [0.1, 0.15) is 46.3 Å². The normalized spacial score (nSPS) is 13.5. The minimum absolute atomic E-state index is 0.0511. The number of rotatable bonds is 10. The summed E-state index contributed by atoms with van der Waals surface area (Å²) in [5, 5.41) is 3.19. The number of hydrogen-bond acceptors (Lipinski definition) is 3. The topological polar surface area (TPSA) is 64.3 Å². The maximum atomic E-state index is 12.9. The molecule has 0 aromatic heterocycles. The van der Waals surface area contributed by atoms with Gasteiger partial charge in [-0.15, -0.1) is 0 Å². The van der Waals surface area contributed by atoms with Crippen molar-refractivity contribution < 1.29 is 31.5 Å². The fourth-order valence-electron chi connectivity index (χ4n) is 3.73. The van der Waals surface area contributed by atoms with Gasteiger partial charge in [0.25, 0.3) is 0 Å². The van der Waals surface area contributed by atoms with E-state index >= 15 is 0 Å². The minimum atomic E-state index is -4.43. The maximum absolute atomic E-state index is 12.9. The van der Waals surface area contributed by atoms with Crippen molar-refractivity contribution in [1.82, 2.24) is 5.32 Å². The third-order valence-electron chi connectivity index (χ3n) is 5.55. The summed E-state index contributed by atoms with van der Waals surface area (Å²) >= 11 is 0. The number of ether oxygens (including phenoxy) is 1. The lowest BCUT2D eigenvalue weighted by Gasteiger charge is -2.25. The van der Waals surface area contributed by atoms with E-state index in [9.17, 15) is 26.7 Å². The Balaban J connectivity index is 1.87. The number of nitrogens with one attached hydrogen (secondary N) is 1. The van der Waals surface area contributed by atoms with Gasteiger partial charge in [-0.1, -0.05) is 54.1 Å². The first-order chi connectivity index (χ1) is 16.5. The van der Waals surface area contributed by atoms with Gasteiger partial charge in [0, 0.05) is 6.04 Å². The second kappa shape index (κ2) is 11.3. The molecule has 2 atom stereocenters. The molecule has 0 bridgehead atoms. The van der Waals surface area contributed by atoms with Gasteiger partial charge in [0.05, 0.1) is 5.56 Å². The molecule has 0 fully saturated rings. The number of hydrogen-bond donors (Lipinski definition) is 2. The van der Waals surface area contributed by atoms with E-state index in [2.05, 4.69) is 10.1 Å². The molecule has 1 unspecified atom stereocenters. The molecule has 9 heteroatoms. The predicted octanol–water partition coefficient (Wildman–Crippen LogP) is 6.11. The lowest BCUT2D eigenvalue weighted by Crippen LogP contribution is -2.36. The standard InChI is InChI=1S/C26H25F5N2O2/c1-16-5-10-18(11-6-16)23(24(32)34)33-22(19-3-2-4-21(15-19)35-25(27)28)14-9-17-7-12-20(13-8-17)26(29,30)31/h2-8,10-13,15,22-23,25,33H,9,14H2,1H3,(H2,32,34)/t22-,23?/m1/s1. The quantitative estimate of drug-likeness (QED) is 0.336. The SMILES string of the molecule is Cc1ccc(C(N[C@H](CCc2ccc(C(F)(F)F)cc2)c2cccc(OC(F)F)c2)C(N)=O)cc1. The molecule has 0 aliphatic carbocycles. The highest BCUT2D eigenvalue weighted by Crippen LogP contribution is 2.31. The Hall–Kier alpha value is -3.46. The number of carbonyl (C=O) groups excluding carboxylic acids is 1. The van der Waals surface area contributed by atoms with Crippen LogP contribution in [0, 0.1) is 6.92 Å². The molecular formula is C26H25F5N2O2. The molecule has 0 heterocycles. The van der Waals surface area contributed by atoms with Gasteiger partial charge in [0.1, 0.15) is 11.8 Å². The van der Waals surface area contributed by atoms with E-state index < -0.39 is 36.3 Å². The summed E-state index contributed by atoms with van der Waals surface area (Å²) in [5.74, 6) is -0.682. The van der Waals surface area contributed by atoms with Crippen LogP contribution >= 0.6 is 0 Å². The number of amides is 1. The summed E-state index contributed by atoms with van der Waals surface area (Å²) in [6.45, 7) is -1.10. The molecular weight excluding hydrogens is 467 g/mol. The summed E-state index contributed by atoms with van der Waals surface area (Å²) in [6, 6.07) is 16.6. The van der Waals surface area contributed by atoms with Crippen molar-refractivity contribution in [3.63, 3.8) is 0 Å². The van der Waals surface area contributed by atoms with E-state index in [1.54, 1.807) is 24.3 Å². The molecule has 0 aliphatic heterocycles. The highest BCUT2D eigenvalue weighted by Gasteiger charge is 2.30. The molecule has 3 aromatic carbocycles. The van der Waals surface area contributed by atoms with Crippen molar-refractivity contribution in [2.45, 2.75) is 44.6 Å². The second-order valence-electron chi connectivity index (χ2n) is 8.15. The number of primary amides is 1. The Morgan fingerprint density at radius 2 is 1.63 bits per heavy atom. The third-order valence-corrected chi connectivity index (χ3v) is 5.55. The zero-order valence-electron chi connectivity index (χ0n) is 18.9. The van der Waals surface area contributed by atoms with Crippen LogP contribution in [-0.4, -0.2) is 12.5 Å². The number of carbonyl (C=O) groups is 1. The molecule has 0 saturated carbocycles. The number of benzene rings is 3. The monoisotopic (exact) mass is 492 g/mol. The Morgan fingerprint density at radius 1 is 0.971 bits per heavy atom. The van der Waals surface area contributed by atoms with Crippen molar-refractivity contribution in [2.24, 2.45) is 5.73 Å². The first-order valence-electron chi connectivity index (χ1n) is 10.9. The van der Waals surface area contributed by atoms with Gasteiger partial charge in [0.2, 0.25) is 5.91 Å². The van der Waals surface area contributed by atoms with Crippen LogP contribution in [0.25, 0.3) is 0 Å². The number of alkyl halides is 5. The van der Waals surface area contributed by atoms with Crippen molar-refractivity contribution in [3.05, 3.63) is 101 Å². The van der Waals surface area contributed by atoms with E-state index in [0.717, 1.165) is 17.7 Å². The Morgan fingerprint density at radius 3 is 2.20 bits per heavy atom. The van der Waals surface area contributed by atoms with Crippen LogP contribution in [0.2, 0.25) is 0 Å². The molecule has 0 radical (unpaired) electrons. The van der Waals surface area contributed by atoms with Crippen molar-refractivity contribution in [3.8, 4) is 5.75 Å². The molecule has 35 heavy (non-hydrogen) atoms. The maximum Gasteiger partial charge on any atom is 0.416 e. The number of halogens is 5. The zero-order chi connectivity index (χ0) is 25.6. The summed E-state index contributed by atoms with van der Waals surface area (Å²) in [7, 11) is 0. The summed E-state index contributed by atoms with van der Waals surface area (Å²) in [4.78, 5) is 12.3. The molecule has 4 nitrogen and oxygen atoms in total. The van der Waals surface area contributed by atoms with Crippen LogP contribution in [0.4, 0.5) is 22.0 Å². The van der Waals surface area contributed by atoms with Crippen molar-refractivity contribution in [2.75, 3.05) is 0 Å². The predicted molar refractivity (Wildman–Crippen MR) is 122 cm³/mol. The molecule has 0 aliphatic rings. The summed E-state index contributed by atoms with van der Waals surface area (Å²) in [6.07, 6.45) is -3.73. The second-order valence-corrected chi connectivity index (χ2v) is 8.15. The molecule has 186 valence electrons. The lowest BCUT2D eigenvalue weighted by molar-refractivity contribution is -0.137. The Kier molecular flexibility index (Phi) is 8.45. The first-order valence-corrected chi connectivity index (χ1v) is 10.9. The molecule has 3 rings (SSSR count). The zero-order valence-corrected chi connectivity index (χ0v) is 18.9. The van der Waals surface area contributed by atoms with Gasteiger partial charge in [0.15, 0.2) is 0 Å². The molecule has 3 N–H and O–H groups in total. The average molecular weight is 492 g/mol. The molecule has 0 saturated heterocycles. The van der Waals surface area contributed by atoms with Gasteiger partial charge in [-0.3, -0.25) is 10.1 Å². The van der Waals surface area contributed by atoms with Gasteiger partial charge in [-0.05, 0) is 60.7 Å². The van der Waals surface area contributed by atoms with E-state index in [0.29, 0.717) is 29.5 Å². The third kappa shape index (κ3) is 7.51. The number of nitrogens with two attached hydrogens (primary N) is 1. The van der Waals surface area contributed by atoms with Crippen molar-refractivity contribution in [1.29, 1.82) is 0 Å². The summed E-state index contributed by atoms with van der Waals surface area (Å²) in [5.41, 5.74) is 7.75. The van der Waals surface area contributed by atoms with E-state index in [1.165, 1.54) is 24.3 Å². The first kappa shape index (κ1) is 26.2. The van der Waals surface area contributed by atoms with Gasteiger partial charge >= 0.3 is 12.8 Å². The number of aryl methyl sites for hydroxylation is 2. The Labute approximate surface area is 199 Å². The molecule has 3 aromatic rings. The van der Waals surface area contributed by atoms with Crippen LogP contribution in [0.5, 0.6) is 5.75 Å². The van der Waals surface area contributed by atoms with Crippen LogP contribution < -0.4 is 15.8 Å². The molecule has 1 amide bonds. The Bertz CT molecular complexity index is 1120. The van der Waals surface area contributed by atoms with Crippen LogP contribution in [0.15, 0.2) is 72.8 Å². The van der Waals surface area contributed by atoms with E-state index in [4.69, 9.17) is 5.73 Å². The summed E-state index contributed by atoms with van der Waals surface area (Å²) < 4.78 is 68.6.